The molecule has 0 aliphatic heterocycles. The molecule has 1 aromatic rings. The average Bonchev–Trinajstić information content (AvgIpc) is 2.09. The molecule has 72 valence electrons. The second kappa shape index (κ2) is 3.95. The van der Waals surface area contributed by atoms with Crippen molar-refractivity contribution >= 4 is 27.5 Å². The number of nitrogens with zero attached hydrogens (tertiary/aromatic N) is 1. The van der Waals surface area contributed by atoms with Gasteiger partial charge in [0.15, 0.2) is 0 Å². The lowest BCUT2D eigenvalue weighted by atomic mass is 9.96. The van der Waals surface area contributed by atoms with E-state index in [0.717, 1.165) is 10.0 Å². The molecule has 1 N–H and O–H groups in total. The van der Waals surface area contributed by atoms with Crippen molar-refractivity contribution in [1.82, 2.24) is 10.3 Å². The maximum atomic E-state index is 5.82. The second-order valence-electron chi connectivity index (χ2n) is 3.36. The summed E-state index contributed by atoms with van der Waals surface area (Å²) in [5, 5.41) is 3.72. The summed E-state index contributed by atoms with van der Waals surface area (Å²) in [6.07, 6.45) is 1.72. The van der Waals surface area contributed by atoms with Crippen LogP contribution in [0.3, 0.4) is 0 Å². The number of aromatic nitrogens is 1. The summed E-state index contributed by atoms with van der Waals surface area (Å²) in [4.78, 5) is 3.98. The Hall–Kier alpha value is -0.120. The summed E-state index contributed by atoms with van der Waals surface area (Å²) in [7, 11) is 1.92. The smallest absolute Gasteiger partial charge is 0.129 e. The van der Waals surface area contributed by atoms with Gasteiger partial charge in [0, 0.05) is 16.2 Å². The molecule has 13 heavy (non-hydrogen) atoms. The average molecular weight is 264 g/mol. The third-order valence-electron chi connectivity index (χ3n) is 2.12. The monoisotopic (exact) mass is 262 g/mol. The minimum atomic E-state index is -0.106. The maximum Gasteiger partial charge on any atom is 0.129 e. The molecule has 0 atom stereocenters. The summed E-state index contributed by atoms with van der Waals surface area (Å²) >= 11 is 9.27. The lowest BCUT2D eigenvalue weighted by Crippen LogP contribution is -2.33. The summed E-state index contributed by atoms with van der Waals surface area (Å²) < 4.78 is 0.969. The number of hydrogen-bond acceptors (Lipinski definition) is 2. The van der Waals surface area contributed by atoms with Gasteiger partial charge < -0.3 is 5.32 Å². The number of rotatable bonds is 2. The molecule has 0 radical (unpaired) electrons. The van der Waals surface area contributed by atoms with Crippen molar-refractivity contribution in [2.24, 2.45) is 0 Å². The molecule has 1 aromatic heterocycles. The van der Waals surface area contributed by atoms with Gasteiger partial charge in [0.2, 0.25) is 0 Å². The van der Waals surface area contributed by atoms with Crippen LogP contribution < -0.4 is 5.32 Å². The van der Waals surface area contributed by atoms with Crippen LogP contribution in [0.4, 0.5) is 0 Å². The van der Waals surface area contributed by atoms with Crippen molar-refractivity contribution in [2.45, 2.75) is 19.4 Å². The van der Waals surface area contributed by atoms with Crippen LogP contribution in [-0.4, -0.2) is 12.0 Å². The van der Waals surface area contributed by atoms with Gasteiger partial charge in [-0.25, -0.2) is 4.98 Å². The number of halogens is 2. The van der Waals surface area contributed by atoms with Gasteiger partial charge in [-0.15, -0.1) is 0 Å². The topological polar surface area (TPSA) is 24.9 Å². The van der Waals surface area contributed by atoms with Gasteiger partial charge in [-0.1, -0.05) is 11.6 Å². The fourth-order valence-corrected chi connectivity index (χ4v) is 1.90. The molecule has 1 heterocycles. The number of pyridine rings is 1. The van der Waals surface area contributed by atoms with Gasteiger partial charge in [-0.05, 0) is 48.5 Å². The predicted molar refractivity (Wildman–Crippen MR) is 59.0 cm³/mol. The third-order valence-corrected chi connectivity index (χ3v) is 2.96. The van der Waals surface area contributed by atoms with E-state index < -0.39 is 0 Å². The predicted octanol–water partition coefficient (Wildman–Crippen LogP) is 2.95. The molecule has 0 fully saturated rings. The molecular weight excluding hydrogens is 251 g/mol. The Kier molecular flexibility index (Phi) is 3.33. The van der Waals surface area contributed by atoms with Crippen LogP contribution in [0.2, 0.25) is 5.15 Å². The van der Waals surface area contributed by atoms with Crippen LogP contribution in [0.5, 0.6) is 0 Å². The minimum absolute atomic E-state index is 0.106. The highest BCUT2D eigenvalue weighted by molar-refractivity contribution is 9.10. The SMILES string of the molecule is CNC(C)(C)c1cc(Cl)ncc1Br. The van der Waals surface area contributed by atoms with Gasteiger partial charge in [0.1, 0.15) is 5.15 Å². The third kappa shape index (κ3) is 2.42. The van der Waals surface area contributed by atoms with Crippen LogP contribution in [0.15, 0.2) is 16.7 Å². The Morgan fingerprint density at radius 1 is 1.54 bits per heavy atom. The first-order chi connectivity index (χ1) is 5.97. The first-order valence-electron chi connectivity index (χ1n) is 3.98. The highest BCUT2D eigenvalue weighted by atomic mass is 79.9. The van der Waals surface area contributed by atoms with Crippen molar-refractivity contribution in [3.05, 3.63) is 27.5 Å². The molecule has 0 saturated heterocycles. The van der Waals surface area contributed by atoms with E-state index in [2.05, 4.69) is 40.1 Å². The highest BCUT2D eigenvalue weighted by Gasteiger charge is 2.21. The van der Waals surface area contributed by atoms with E-state index in [4.69, 9.17) is 11.6 Å². The van der Waals surface area contributed by atoms with E-state index in [0.29, 0.717) is 5.15 Å². The van der Waals surface area contributed by atoms with E-state index in [9.17, 15) is 0 Å². The van der Waals surface area contributed by atoms with Gasteiger partial charge in [0.05, 0.1) is 0 Å². The fraction of sp³-hybridized carbons (Fsp3) is 0.444. The van der Waals surface area contributed by atoms with Crippen molar-refractivity contribution < 1.29 is 0 Å². The molecule has 4 heteroatoms. The molecule has 0 unspecified atom stereocenters. The molecule has 2 nitrogen and oxygen atoms in total. The van der Waals surface area contributed by atoms with E-state index in [1.165, 1.54) is 0 Å². The Balaban J connectivity index is 3.20. The Labute approximate surface area is 91.8 Å². The van der Waals surface area contributed by atoms with Crippen LogP contribution in [-0.2, 0) is 5.54 Å². The van der Waals surface area contributed by atoms with E-state index in [1.54, 1.807) is 6.20 Å². The zero-order valence-corrected chi connectivity index (χ0v) is 10.2. The van der Waals surface area contributed by atoms with Gasteiger partial charge in [-0.3, -0.25) is 0 Å². The standard InChI is InChI=1S/C9H12BrClN2/c1-9(2,12-3)6-4-8(11)13-5-7(6)10/h4-5,12H,1-3H3. The Morgan fingerprint density at radius 2 is 2.15 bits per heavy atom. The van der Waals surface area contributed by atoms with Crippen molar-refractivity contribution in [3.63, 3.8) is 0 Å². The summed E-state index contributed by atoms with van der Waals surface area (Å²) in [6, 6.07) is 1.86. The van der Waals surface area contributed by atoms with E-state index >= 15 is 0 Å². The molecule has 0 saturated carbocycles. The Bertz CT molecular complexity index is 312. The van der Waals surface area contributed by atoms with Gasteiger partial charge >= 0.3 is 0 Å². The Morgan fingerprint density at radius 3 is 2.69 bits per heavy atom. The molecular formula is C9H12BrClN2. The van der Waals surface area contributed by atoms with Crippen LogP contribution >= 0.6 is 27.5 Å². The minimum Gasteiger partial charge on any atom is -0.311 e. The van der Waals surface area contributed by atoms with Crippen molar-refractivity contribution in [1.29, 1.82) is 0 Å². The normalized spacial score (nSPS) is 11.8. The zero-order chi connectivity index (χ0) is 10.1. The molecule has 0 amide bonds. The summed E-state index contributed by atoms with van der Waals surface area (Å²) in [5.41, 5.74) is 1.00. The van der Waals surface area contributed by atoms with Crippen LogP contribution in [0.1, 0.15) is 19.4 Å². The molecule has 0 spiro atoms. The molecule has 0 aliphatic rings. The lowest BCUT2D eigenvalue weighted by molar-refractivity contribution is 0.442. The van der Waals surface area contributed by atoms with Crippen molar-refractivity contribution in [2.75, 3.05) is 7.05 Å². The zero-order valence-electron chi connectivity index (χ0n) is 7.86. The van der Waals surface area contributed by atoms with Crippen LogP contribution in [0, 0.1) is 0 Å². The molecule has 0 bridgehead atoms. The molecule has 0 aliphatic carbocycles. The van der Waals surface area contributed by atoms with Gasteiger partial charge in [0.25, 0.3) is 0 Å². The quantitative estimate of drug-likeness (QED) is 0.830. The second-order valence-corrected chi connectivity index (χ2v) is 4.60. The van der Waals surface area contributed by atoms with E-state index in [-0.39, 0.29) is 5.54 Å². The number of nitrogens with one attached hydrogen (secondary N) is 1. The summed E-state index contributed by atoms with van der Waals surface area (Å²) in [5.74, 6) is 0. The van der Waals surface area contributed by atoms with E-state index in [1.807, 2.05) is 13.1 Å². The van der Waals surface area contributed by atoms with Gasteiger partial charge in [-0.2, -0.15) is 0 Å². The fourth-order valence-electron chi connectivity index (χ4n) is 1.03. The molecule has 1 rings (SSSR count). The number of hydrogen-bond donors (Lipinski definition) is 1. The first-order valence-corrected chi connectivity index (χ1v) is 5.15. The first kappa shape index (κ1) is 11.0. The highest BCUT2D eigenvalue weighted by Crippen LogP contribution is 2.28. The largest absolute Gasteiger partial charge is 0.311 e. The van der Waals surface area contributed by atoms with Crippen LogP contribution in [0.25, 0.3) is 0 Å². The maximum absolute atomic E-state index is 5.82. The molecule has 0 aromatic carbocycles. The summed E-state index contributed by atoms with van der Waals surface area (Å²) in [6.45, 7) is 4.17. The van der Waals surface area contributed by atoms with Crippen molar-refractivity contribution in [3.8, 4) is 0 Å². The lowest BCUT2D eigenvalue weighted by Gasteiger charge is -2.25.